The van der Waals surface area contributed by atoms with E-state index in [-0.39, 0.29) is 5.56 Å². The molecule has 1 aromatic rings. The molecule has 0 radical (unpaired) electrons. The number of carbonyl (C=O) groups is 2. The topological polar surface area (TPSA) is 72.2 Å². The van der Waals surface area contributed by atoms with E-state index in [1.54, 1.807) is 0 Å². The Morgan fingerprint density at radius 2 is 2.00 bits per heavy atom. The molecule has 0 atom stereocenters. The Kier molecular flexibility index (Phi) is 3.33. The molecule has 0 aliphatic heterocycles. The summed E-state index contributed by atoms with van der Waals surface area (Å²) in [6.07, 6.45) is 0. The van der Waals surface area contributed by atoms with Crippen molar-refractivity contribution in [1.29, 1.82) is 0 Å². The molecule has 0 fully saturated rings. The number of primary amides is 1. The van der Waals surface area contributed by atoms with E-state index in [1.165, 1.54) is 0 Å². The summed E-state index contributed by atoms with van der Waals surface area (Å²) in [7, 11) is 0. The fourth-order valence-electron chi connectivity index (χ4n) is 0.936. The number of halogens is 2. The zero-order chi connectivity index (χ0) is 11.4. The van der Waals surface area contributed by atoms with Crippen molar-refractivity contribution < 1.29 is 18.4 Å². The average molecular weight is 214 g/mol. The quantitative estimate of drug-likeness (QED) is 0.753. The van der Waals surface area contributed by atoms with Gasteiger partial charge in [-0.3, -0.25) is 9.59 Å². The molecule has 0 aliphatic rings. The summed E-state index contributed by atoms with van der Waals surface area (Å²) in [4.78, 5) is 21.5. The zero-order valence-corrected chi connectivity index (χ0v) is 7.59. The summed E-state index contributed by atoms with van der Waals surface area (Å²) in [5.74, 6) is -3.33. The summed E-state index contributed by atoms with van der Waals surface area (Å²) in [6.45, 7) is -0.393. The van der Waals surface area contributed by atoms with Crippen LogP contribution in [0.25, 0.3) is 0 Å². The second-order valence-electron chi connectivity index (χ2n) is 2.77. The molecule has 80 valence electrons. The largest absolute Gasteiger partial charge is 0.368 e. The molecule has 2 amide bonds. The minimum Gasteiger partial charge on any atom is -0.368 e. The molecular formula is C9H8F2N2O2. The minimum atomic E-state index is -0.989. The molecule has 0 aromatic heterocycles. The van der Waals surface area contributed by atoms with Crippen molar-refractivity contribution in [3.63, 3.8) is 0 Å². The molecule has 3 N–H and O–H groups in total. The van der Waals surface area contributed by atoms with E-state index in [4.69, 9.17) is 5.73 Å². The Morgan fingerprint density at radius 3 is 2.53 bits per heavy atom. The van der Waals surface area contributed by atoms with Gasteiger partial charge >= 0.3 is 0 Å². The van der Waals surface area contributed by atoms with Crippen molar-refractivity contribution in [3.05, 3.63) is 35.4 Å². The lowest BCUT2D eigenvalue weighted by molar-refractivity contribution is -0.117. The molecule has 0 saturated carbocycles. The third kappa shape index (κ3) is 3.01. The Hall–Kier alpha value is -1.98. The molecule has 1 aromatic carbocycles. The van der Waals surface area contributed by atoms with Crippen LogP contribution in [0.2, 0.25) is 0 Å². The summed E-state index contributed by atoms with van der Waals surface area (Å²) in [5.41, 5.74) is 4.44. The maximum atomic E-state index is 13.0. The van der Waals surface area contributed by atoms with Crippen molar-refractivity contribution >= 4 is 11.8 Å². The predicted octanol–water partition coefficient (Wildman–Crippen LogP) is 0.180. The van der Waals surface area contributed by atoms with Gasteiger partial charge in [0.1, 0.15) is 11.6 Å². The van der Waals surface area contributed by atoms with Crippen LogP contribution in [0.4, 0.5) is 8.78 Å². The van der Waals surface area contributed by atoms with Crippen LogP contribution in [-0.2, 0) is 4.79 Å². The fraction of sp³-hybridized carbons (Fsp3) is 0.111. The number of amides is 2. The second-order valence-corrected chi connectivity index (χ2v) is 2.77. The van der Waals surface area contributed by atoms with Crippen LogP contribution in [0, 0.1) is 11.6 Å². The van der Waals surface area contributed by atoms with E-state index in [2.05, 4.69) is 5.32 Å². The average Bonchev–Trinajstić information content (AvgIpc) is 2.14. The van der Waals surface area contributed by atoms with Crippen molar-refractivity contribution in [1.82, 2.24) is 5.32 Å². The van der Waals surface area contributed by atoms with E-state index in [0.29, 0.717) is 6.07 Å². The van der Waals surface area contributed by atoms with Crippen LogP contribution in [0.3, 0.4) is 0 Å². The Bertz CT molecular complexity index is 407. The van der Waals surface area contributed by atoms with Gasteiger partial charge in [0.15, 0.2) is 0 Å². The highest BCUT2D eigenvalue weighted by atomic mass is 19.1. The van der Waals surface area contributed by atoms with Gasteiger partial charge in [0, 0.05) is 6.07 Å². The van der Waals surface area contributed by atoms with Crippen LogP contribution >= 0.6 is 0 Å². The first-order chi connectivity index (χ1) is 7.00. The highest BCUT2D eigenvalue weighted by molar-refractivity contribution is 5.96. The van der Waals surface area contributed by atoms with E-state index in [1.807, 2.05) is 0 Å². The predicted molar refractivity (Wildman–Crippen MR) is 47.9 cm³/mol. The Balaban J connectivity index is 2.78. The first kappa shape index (κ1) is 11.1. The number of benzene rings is 1. The number of hydrogen-bond donors (Lipinski definition) is 2. The number of hydrogen-bond acceptors (Lipinski definition) is 2. The maximum absolute atomic E-state index is 13.0. The van der Waals surface area contributed by atoms with E-state index >= 15 is 0 Å². The van der Waals surface area contributed by atoms with Crippen LogP contribution in [0.1, 0.15) is 10.4 Å². The monoisotopic (exact) mass is 214 g/mol. The smallest absolute Gasteiger partial charge is 0.254 e. The Labute approximate surface area is 84.1 Å². The highest BCUT2D eigenvalue weighted by Gasteiger charge is 2.12. The van der Waals surface area contributed by atoms with Crippen LogP contribution in [0.5, 0.6) is 0 Å². The van der Waals surface area contributed by atoms with E-state index in [9.17, 15) is 18.4 Å². The third-order valence-corrected chi connectivity index (χ3v) is 1.60. The van der Waals surface area contributed by atoms with Gasteiger partial charge in [-0.1, -0.05) is 0 Å². The van der Waals surface area contributed by atoms with Gasteiger partial charge in [0.2, 0.25) is 5.91 Å². The minimum absolute atomic E-state index is 0.336. The first-order valence-corrected chi connectivity index (χ1v) is 4.02. The number of nitrogens with two attached hydrogens (primary N) is 1. The van der Waals surface area contributed by atoms with Crippen molar-refractivity contribution in [3.8, 4) is 0 Å². The first-order valence-electron chi connectivity index (χ1n) is 4.02. The highest BCUT2D eigenvalue weighted by Crippen LogP contribution is 2.08. The van der Waals surface area contributed by atoms with Crippen molar-refractivity contribution in [2.75, 3.05) is 6.54 Å². The lowest BCUT2D eigenvalue weighted by Gasteiger charge is -2.03. The van der Waals surface area contributed by atoms with Crippen molar-refractivity contribution in [2.24, 2.45) is 5.73 Å². The molecule has 15 heavy (non-hydrogen) atoms. The van der Waals surface area contributed by atoms with Crippen LogP contribution in [0.15, 0.2) is 18.2 Å². The second kappa shape index (κ2) is 4.50. The lowest BCUT2D eigenvalue weighted by atomic mass is 10.2. The lowest BCUT2D eigenvalue weighted by Crippen LogP contribution is -2.33. The van der Waals surface area contributed by atoms with Crippen LogP contribution in [-0.4, -0.2) is 18.4 Å². The van der Waals surface area contributed by atoms with E-state index < -0.39 is 30.0 Å². The molecule has 0 bridgehead atoms. The van der Waals surface area contributed by atoms with Gasteiger partial charge in [0.05, 0.1) is 12.1 Å². The molecule has 0 aliphatic carbocycles. The van der Waals surface area contributed by atoms with Gasteiger partial charge in [-0.15, -0.1) is 0 Å². The Morgan fingerprint density at radius 1 is 1.33 bits per heavy atom. The third-order valence-electron chi connectivity index (χ3n) is 1.60. The van der Waals surface area contributed by atoms with Gasteiger partial charge in [-0.2, -0.15) is 0 Å². The molecule has 6 heteroatoms. The maximum Gasteiger partial charge on any atom is 0.254 e. The summed E-state index contributed by atoms with van der Waals surface area (Å²) < 4.78 is 25.5. The number of rotatable bonds is 3. The molecular weight excluding hydrogens is 206 g/mol. The van der Waals surface area contributed by atoms with E-state index in [0.717, 1.165) is 12.1 Å². The zero-order valence-electron chi connectivity index (χ0n) is 7.59. The summed E-state index contributed by atoms with van der Waals surface area (Å²) in [5, 5.41) is 2.08. The standard InChI is InChI=1S/C9H8F2N2O2/c10-5-1-2-6(7(11)3-5)9(15)13-4-8(12)14/h1-3H,4H2,(H2,12,14)(H,13,15). The molecule has 0 unspecified atom stereocenters. The SMILES string of the molecule is NC(=O)CNC(=O)c1ccc(F)cc1F. The summed E-state index contributed by atoms with van der Waals surface area (Å²) >= 11 is 0. The van der Waals surface area contributed by atoms with Gasteiger partial charge in [-0.05, 0) is 12.1 Å². The van der Waals surface area contributed by atoms with Crippen LogP contribution < -0.4 is 11.1 Å². The molecule has 0 saturated heterocycles. The fourth-order valence-corrected chi connectivity index (χ4v) is 0.936. The van der Waals surface area contributed by atoms with Gasteiger partial charge < -0.3 is 11.1 Å². The molecule has 0 heterocycles. The number of nitrogens with one attached hydrogen (secondary N) is 1. The normalized spacial score (nSPS) is 9.73. The summed E-state index contributed by atoms with van der Waals surface area (Å²) in [6, 6.07) is 2.52. The molecule has 4 nitrogen and oxygen atoms in total. The van der Waals surface area contributed by atoms with Crippen molar-refractivity contribution in [2.45, 2.75) is 0 Å². The number of carbonyl (C=O) groups excluding carboxylic acids is 2. The van der Waals surface area contributed by atoms with Gasteiger partial charge in [0.25, 0.3) is 5.91 Å². The molecule has 0 spiro atoms. The van der Waals surface area contributed by atoms with Gasteiger partial charge in [-0.25, -0.2) is 8.78 Å². The molecule has 1 rings (SSSR count).